The number of carbonyl (C=O) groups is 5. The monoisotopic (exact) mass is 497 g/mol. The Kier molecular flexibility index (Phi) is 10.3. The van der Waals surface area contributed by atoms with Gasteiger partial charge >= 0.3 is 23.9 Å². The summed E-state index contributed by atoms with van der Waals surface area (Å²) in [6.45, 7) is 3.37. The van der Waals surface area contributed by atoms with Crippen molar-refractivity contribution < 1.29 is 47.7 Å². The largest absolute Gasteiger partial charge is 0.467 e. The van der Waals surface area contributed by atoms with Crippen LogP contribution in [0.2, 0.25) is 0 Å². The van der Waals surface area contributed by atoms with E-state index in [4.69, 9.17) is 23.7 Å². The molecule has 1 fully saturated rings. The Hall–Kier alpha value is -3.12. The summed E-state index contributed by atoms with van der Waals surface area (Å²) in [6, 6.07) is 7.26. The van der Waals surface area contributed by atoms with Gasteiger partial charge in [0.2, 0.25) is 0 Å². The summed E-state index contributed by atoms with van der Waals surface area (Å²) in [4.78, 5) is 59.7. The second-order valence-electron chi connectivity index (χ2n) is 7.25. The molecule has 0 aromatic heterocycles. The molecule has 186 valence electrons. The van der Waals surface area contributed by atoms with Gasteiger partial charge in [0.15, 0.2) is 18.3 Å². The van der Waals surface area contributed by atoms with Crippen LogP contribution in [0.3, 0.4) is 0 Å². The van der Waals surface area contributed by atoms with Crippen LogP contribution in [0.15, 0.2) is 30.3 Å². The lowest BCUT2D eigenvalue weighted by Crippen LogP contribution is -2.57. The molecule has 11 nitrogen and oxygen atoms in total. The van der Waals surface area contributed by atoms with Gasteiger partial charge in [-0.05, 0) is 12.1 Å². The number of benzene rings is 1. The molecule has 1 heterocycles. The van der Waals surface area contributed by atoms with Gasteiger partial charge in [0.05, 0.1) is 13.7 Å². The second kappa shape index (κ2) is 12.9. The summed E-state index contributed by atoms with van der Waals surface area (Å²) in [5.74, 6) is -3.17. The molecule has 1 amide bonds. The molecule has 0 saturated carbocycles. The van der Waals surface area contributed by atoms with Gasteiger partial charge in [-0.3, -0.25) is 19.2 Å². The highest BCUT2D eigenvalue weighted by atomic mass is 32.2. The predicted octanol–water partition coefficient (Wildman–Crippen LogP) is 0.843. The van der Waals surface area contributed by atoms with Crippen LogP contribution in [0.4, 0.5) is 0 Å². The summed E-state index contributed by atoms with van der Waals surface area (Å²) in [5, 5.41) is 2.61. The van der Waals surface area contributed by atoms with E-state index in [2.05, 4.69) is 5.32 Å². The zero-order valence-corrected chi connectivity index (χ0v) is 20.0. The van der Waals surface area contributed by atoms with Crippen LogP contribution >= 0.6 is 11.8 Å². The number of carbonyl (C=O) groups excluding carboxylic acids is 5. The molecule has 1 aromatic rings. The highest BCUT2D eigenvalue weighted by molar-refractivity contribution is 7.99. The molecule has 5 atom stereocenters. The van der Waals surface area contributed by atoms with Crippen molar-refractivity contribution in [3.63, 3.8) is 0 Å². The Balaban J connectivity index is 2.18. The Morgan fingerprint density at radius 2 is 1.56 bits per heavy atom. The van der Waals surface area contributed by atoms with Gasteiger partial charge in [0.1, 0.15) is 11.5 Å². The van der Waals surface area contributed by atoms with Crippen LogP contribution in [-0.4, -0.2) is 79.0 Å². The molecule has 1 N–H and O–H groups in total. The lowest BCUT2D eigenvalue weighted by molar-refractivity contribution is -0.213. The van der Waals surface area contributed by atoms with E-state index in [-0.39, 0.29) is 12.4 Å². The van der Waals surface area contributed by atoms with Crippen molar-refractivity contribution in [2.45, 2.75) is 50.6 Å². The van der Waals surface area contributed by atoms with Crippen LogP contribution in [0.1, 0.15) is 31.1 Å². The minimum Gasteiger partial charge on any atom is -0.467 e. The zero-order chi connectivity index (χ0) is 25.3. The van der Waals surface area contributed by atoms with Crippen molar-refractivity contribution in [1.29, 1.82) is 0 Å². The van der Waals surface area contributed by atoms with Crippen molar-refractivity contribution in [3.8, 4) is 0 Å². The molecule has 34 heavy (non-hydrogen) atoms. The number of rotatable bonds is 9. The summed E-state index contributed by atoms with van der Waals surface area (Å²) in [6.07, 6.45) is -3.28. The standard InChI is InChI=1S/C22H27NO10S/c1-12(24)31-17-10-30-22(19(33-14(3)26)18(17)32-13(2)25)34-11-16(21(28)29-4)23-20(27)15-8-6-5-7-9-15/h5-9,16-19,22H,10-11H2,1-4H3,(H,23,27)/t16-,17+,18-,19+,22-/m0/s1. The minimum atomic E-state index is -1.15. The van der Waals surface area contributed by atoms with E-state index in [1.54, 1.807) is 30.3 Å². The van der Waals surface area contributed by atoms with E-state index in [0.717, 1.165) is 11.8 Å². The van der Waals surface area contributed by atoms with Crippen molar-refractivity contribution in [2.24, 2.45) is 0 Å². The lowest BCUT2D eigenvalue weighted by atomic mass is 10.1. The fraction of sp³-hybridized carbons (Fsp3) is 0.500. The number of thioether (sulfide) groups is 1. The predicted molar refractivity (Wildman–Crippen MR) is 119 cm³/mol. The zero-order valence-electron chi connectivity index (χ0n) is 19.2. The van der Waals surface area contributed by atoms with Crippen LogP contribution in [-0.2, 0) is 42.9 Å². The summed E-state index contributed by atoms with van der Waals surface area (Å²) in [7, 11) is 1.19. The highest BCUT2D eigenvalue weighted by Gasteiger charge is 2.47. The average Bonchev–Trinajstić information content (AvgIpc) is 2.78. The quantitative estimate of drug-likeness (QED) is 0.383. The molecule has 0 bridgehead atoms. The summed E-state index contributed by atoms with van der Waals surface area (Å²) >= 11 is 1.04. The van der Waals surface area contributed by atoms with Gasteiger partial charge in [-0.25, -0.2) is 4.79 Å². The van der Waals surface area contributed by atoms with Gasteiger partial charge in [-0.1, -0.05) is 18.2 Å². The molecule has 1 aromatic carbocycles. The van der Waals surface area contributed by atoms with Crippen molar-refractivity contribution in [3.05, 3.63) is 35.9 Å². The molecule has 0 aliphatic carbocycles. The maximum Gasteiger partial charge on any atom is 0.329 e. The molecule has 1 aliphatic rings. The van der Waals surface area contributed by atoms with E-state index in [9.17, 15) is 24.0 Å². The van der Waals surface area contributed by atoms with Crippen molar-refractivity contribution in [2.75, 3.05) is 19.5 Å². The topological polar surface area (TPSA) is 144 Å². The Morgan fingerprint density at radius 1 is 0.971 bits per heavy atom. The van der Waals surface area contributed by atoms with Gasteiger partial charge in [0, 0.05) is 32.1 Å². The molecule has 12 heteroatoms. The number of esters is 4. The molecule has 2 rings (SSSR count). The molecule has 1 aliphatic heterocycles. The second-order valence-corrected chi connectivity index (χ2v) is 8.38. The number of hydrogen-bond donors (Lipinski definition) is 1. The van der Waals surface area contributed by atoms with Gasteiger partial charge in [-0.2, -0.15) is 0 Å². The molecule has 0 unspecified atom stereocenters. The minimum absolute atomic E-state index is 0.0152. The smallest absolute Gasteiger partial charge is 0.329 e. The van der Waals surface area contributed by atoms with Crippen molar-refractivity contribution >= 4 is 41.5 Å². The third-order valence-electron chi connectivity index (χ3n) is 4.56. The van der Waals surface area contributed by atoms with E-state index >= 15 is 0 Å². The molecule has 1 saturated heterocycles. The summed E-state index contributed by atoms with van der Waals surface area (Å²) < 4.78 is 26.3. The van der Waals surface area contributed by atoms with Crippen LogP contribution < -0.4 is 5.32 Å². The average molecular weight is 498 g/mol. The maximum atomic E-state index is 12.5. The first-order valence-corrected chi connectivity index (χ1v) is 11.4. The fourth-order valence-corrected chi connectivity index (χ4v) is 4.36. The third-order valence-corrected chi connectivity index (χ3v) is 5.82. The van der Waals surface area contributed by atoms with Gasteiger partial charge in [0.25, 0.3) is 5.91 Å². The van der Waals surface area contributed by atoms with Crippen LogP contribution in [0, 0.1) is 0 Å². The number of hydrogen-bond acceptors (Lipinski definition) is 11. The van der Waals surface area contributed by atoms with Crippen LogP contribution in [0.25, 0.3) is 0 Å². The number of methoxy groups -OCH3 is 1. The Labute approximate surface area is 200 Å². The lowest BCUT2D eigenvalue weighted by Gasteiger charge is -2.40. The third kappa shape index (κ3) is 8.03. The molecule has 0 radical (unpaired) electrons. The first-order chi connectivity index (χ1) is 16.1. The SMILES string of the molecule is COC(=O)[C@H](CS[C@@H]1OC[C@@H](OC(C)=O)[C@H](OC(C)=O)[C@H]1OC(C)=O)NC(=O)c1ccccc1. The number of ether oxygens (including phenoxy) is 5. The molecule has 0 spiro atoms. The van der Waals surface area contributed by atoms with E-state index in [1.165, 1.54) is 27.9 Å². The van der Waals surface area contributed by atoms with Gasteiger partial charge < -0.3 is 29.0 Å². The first kappa shape index (κ1) is 27.1. The summed E-state index contributed by atoms with van der Waals surface area (Å²) in [5.41, 5.74) is -0.548. The van der Waals surface area contributed by atoms with E-state index < -0.39 is 59.6 Å². The van der Waals surface area contributed by atoms with E-state index in [0.29, 0.717) is 5.56 Å². The van der Waals surface area contributed by atoms with E-state index in [1.807, 2.05) is 0 Å². The molecular formula is C22H27NO10S. The Bertz CT molecular complexity index is 893. The normalized spacial score (nSPS) is 22.6. The van der Waals surface area contributed by atoms with Gasteiger partial charge in [-0.15, -0.1) is 11.8 Å². The maximum absolute atomic E-state index is 12.5. The molecular weight excluding hydrogens is 470 g/mol. The highest BCUT2D eigenvalue weighted by Crippen LogP contribution is 2.31. The van der Waals surface area contributed by atoms with Crippen LogP contribution in [0.5, 0.6) is 0 Å². The number of nitrogens with one attached hydrogen (secondary N) is 1. The first-order valence-electron chi connectivity index (χ1n) is 10.3. The fourth-order valence-electron chi connectivity index (χ4n) is 3.18. The Morgan fingerprint density at radius 3 is 2.12 bits per heavy atom. The number of amides is 1. The van der Waals surface area contributed by atoms with Crippen molar-refractivity contribution in [1.82, 2.24) is 5.32 Å².